The topological polar surface area (TPSA) is 15.8 Å². The third kappa shape index (κ3) is 2.39. The molecule has 70 valence electrons. The minimum atomic E-state index is 0. The number of hydrogen-bond donors (Lipinski definition) is 1. The van der Waals surface area contributed by atoms with E-state index in [1.807, 2.05) is 44.2 Å². The summed E-state index contributed by atoms with van der Waals surface area (Å²) < 4.78 is 0.781. The van der Waals surface area contributed by atoms with Crippen molar-refractivity contribution in [2.45, 2.75) is 13.8 Å². The molecule has 0 radical (unpaired) electrons. The molecule has 1 aromatic carbocycles. The highest BCUT2D eigenvalue weighted by molar-refractivity contribution is 7.71. The summed E-state index contributed by atoms with van der Waals surface area (Å²) in [6.07, 6.45) is 0. The van der Waals surface area contributed by atoms with Crippen molar-refractivity contribution in [3.8, 4) is 0 Å². The first-order chi connectivity index (χ1) is 6.36. The van der Waals surface area contributed by atoms with Crippen molar-refractivity contribution in [2.24, 2.45) is 0 Å². The summed E-state index contributed by atoms with van der Waals surface area (Å²) in [4.78, 5) is 3.10. The average molecular weight is 193 g/mol. The van der Waals surface area contributed by atoms with Gasteiger partial charge in [0.05, 0.1) is 0 Å². The fourth-order valence-corrected chi connectivity index (χ4v) is 1.27. The Morgan fingerprint density at radius 3 is 2.54 bits per heavy atom. The number of fused-ring (bicyclic) bond motifs is 1. The Bertz CT molecular complexity index is 436. The zero-order valence-corrected chi connectivity index (χ0v) is 8.69. The molecular weight excluding hydrogens is 178 g/mol. The van der Waals surface area contributed by atoms with Crippen LogP contribution in [0, 0.1) is 4.64 Å². The molecule has 0 unspecified atom stereocenters. The lowest BCUT2D eigenvalue weighted by molar-refractivity contribution is 1.38. The summed E-state index contributed by atoms with van der Waals surface area (Å²) in [5.74, 6) is 0. The molecule has 13 heavy (non-hydrogen) atoms. The van der Waals surface area contributed by atoms with Crippen LogP contribution < -0.4 is 0 Å². The minimum absolute atomic E-state index is 0. The van der Waals surface area contributed by atoms with Crippen LogP contribution in [0.25, 0.3) is 10.9 Å². The molecule has 2 aromatic rings. The Labute approximate surface area is 84.9 Å². The molecule has 0 aliphatic rings. The molecule has 1 heterocycles. The summed E-state index contributed by atoms with van der Waals surface area (Å²) >= 11 is 4.98. The largest absolute Gasteiger partial charge is 0.346 e. The standard InChI is InChI=1S/C9H7NS.C2H6.H2/c11-9-6-5-7-3-1-2-4-8(7)10-9;1-2;/h1-6H,(H,10,11);1-2H3;1H. The quantitative estimate of drug-likeness (QED) is 0.621. The van der Waals surface area contributed by atoms with Gasteiger partial charge in [-0.1, -0.05) is 44.3 Å². The maximum Gasteiger partial charge on any atom is 0.103 e. The van der Waals surface area contributed by atoms with Gasteiger partial charge in [0.15, 0.2) is 0 Å². The van der Waals surface area contributed by atoms with Crippen molar-refractivity contribution in [1.82, 2.24) is 4.98 Å². The number of aromatic amines is 1. The monoisotopic (exact) mass is 193 g/mol. The van der Waals surface area contributed by atoms with Crippen molar-refractivity contribution in [3.05, 3.63) is 41.0 Å². The van der Waals surface area contributed by atoms with E-state index in [0.29, 0.717) is 0 Å². The van der Waals surface area contributed by atoms with E-state index in [1.54, 1.807) is 0 Å². The van der Waals surface area contributed by atoms with Crippen LogP contribution in [-0.2, 0) is 0 Å². The Morgan fingerprint density at radius 2 is 1.77 bits per heavy atom. The van der Waals surface area contributed by atoms with Crippen molar-refractivity contribution in [1.29, 1.82) is 0 Å². The molecule has 0 saturated heterocycles. The number of para-hydroxylation sites is 1. The number of hydrogen-bond acceptors (Lipinski definition) is 1. The molecule has 0 aliphatic carbocycles. The van der Waals surface area contributed by atoms with Crippen LogP contribution in [0.5, 0.6) is 0 Å². The number of aromatic nitrogens is 1. The third-order valence-corrected chi connectivity index (χ3v) is 1.87. The molecule has 2 heteroatoms. The molecule has 0 saturated carbocycles. The van der Waals surface area contributed by atoms with Crippen LogP contribution >= 0.6 is 12.2 Å². The lowest BCUT2D eigenvalue weighted by atomic mass is 10.2. The highest BCUT2D eigenvalue weighted by Gasteiger charge is 1.87. The number of rotatable bonds is 0. The highest BCUT2D eigenvalue weighted by atomic mass is 32.1. The van der Waals surface area contributed by atoms with Crippen LogP contribution in [0.15, 0.2) is 36.4 Å². The van der Waals surface area contributed by atoms with Crippen LogP contribution in [0.1, 0.15) is 15.3 Å². The van der Waals surface area contributed by atoms with Gasteiger partial charge >= 0.3 is 0 Å². The molecule has 0 spiro atoms. The zero-order valence-electron chi connectivity index (χ0n) is 7.87. The molecule has 0 fully saturated rings. The van der Waals surface area contributed by atoms with E-state index in [1.165, 1.54) is 5.39 Å². The van der Waals surface area contributed by atoms with Gasteiger partial charge in [0.2, 0.25) is 0 Å². The highest BCUT2D eigenvalue weighted by Crippen LogP contribution is 2.09. The van der Waals surface area contributed by atoms with Gasteiger partial charge in [-0.15, -0.1) is 0 Å². The fraction of sp³-hybridized carbons (Fsp3) is 0.182. The summed E-state index contributed by atoms with van der Waals surface area (Å²) in [6, 6.07) is 12.0. The molecule has 1 N–H and O–H groups in total. The van der Waals surface area contributed by atoms with Crippen molar-refractivity contribution in [3.63, 3.8) is 0 Å². The molecule has 0 amide bonds. The van der Waals surface area contributed by atoms with Crippen LogP contribution in [0.3, 0.4) is 0 Å². The molecule has 1 nitrogen and oxygen atoms in total. The maximum absolute atomic E-state index is 4.98. The van der Waals surface area contributed by atoms with E-state index in [-0.39, 0.29) is 1.43 Å². The van der Waals surface area contributed by atoms with E-state index in [0.717, 1.165) is 10.2 Å². The first-order valence-corrected chi connectivity index (χ1v) is 4.85. The molecule has 0 bridgehead atoms. The first kappa shape index (κ1) is 9.93. The summed E-state index contributed by atoms with van der Waals surface area (Å²) in [6.45, 7) is 4.00. The average Bonchev–Trinajstić information content (AvgIpc) is 2.21. The molecule has 2 rings (SSSR count). The van der Waals surface area contributed by atoms with Crippen LogP contribution in [0.4, 0.5) is 0 Å². The molecular formula is C11H15NS. The second-order valence-corrected chi connectivity index (χ2v) is 2.85. The SMILES string of the molecule is CC.S=c1ccc2ccccc2[nH]1.[HH]. The number of pyridine rings is 1. The van der Waals surface area contributed by atoms with Crippen molar-refractivity contribution < 1.29 is 1.43 Å². The normalized spacial score (nSPS) is 9.08. The van der Waals surface area contributed by atoms with Gasteiger partial charge in [0.25, 0.3) is 0 Å². The molecule has 0 aliphatic heterocycles. The van der Waals surface area contributed by atoms with Gasteiger partial charge in [-0.3, -0.25) is 0 Å². The van der Waals surface area contributed by atoms with E-state index in [2.05, 4.69) is 11.1 Å². The summed E-state index contributed by atoms with van der Waals surface area (Å²) in [5, 5.41) is 1.20. The van der Waals surface area contributed by atoms with Crippen molar-refractivity contribution >= 4 is 23.1 Å². The lowest BCUT2D eigenvalue weighted by Crippen LogP contribution is -1.76. The van der Waals surface area contributed by atoms with Gasteiger partial charge in [-0.2, -0.15) is 0 Å². The fourth-order valence-electron chi connectivity index (χ4n) is 1.10. The van der Waals surface area contributed by atoms with Crippen LogP contribution in [-0.4, -0.2) is 4.98 Å². The second kappa shape index (κ2) is 4.77. The zero-order chi connectivity index (χ0) is 9.68. The van der Waals surface area contributed by atoms with E-state index >= 15 is 0 Å². The van der Waals surface area contributed by atoms with Crippen LogP contribution in [0.2, 0.25) is 0 Å². The van der Waals surface area contributed by atoms with E-state index in [4.69, 9.17) is 12.2 Å². The number of nitrogens with one attached hydrogen (secondary N) is 1. The number of benzene rings is 1. The van der Waals surface area contributed by atoms with Gasteiger partial charge in [0, 0.05) is 6.94 Å². The predicted molar refractivity (Wildman–Crippen MR) is 62.6 cm³/mol. The maximum atomic E-state index is 4.98. The van der Waals surface area contributed by atoms with Crippen molar-refractivity contribution in [2.75, 3.05) is 0 Å². The predicted octanol–water partition coefficient (Wildman–Crippen LogP) is 4.17. The summed E-state index contributed by atoms with van der Waals surface area (Å²) in [7, 11) is 0. The number of H-pyrrole nitrogens is 1. The Hall–Kier alpha value is -1.15. The Balaban J connectivity index is 0.000000531. The van der Waals surface area contributed by atoms with Gasteiger partial charge in [-0.05, 0) is 23.6 Å². The van der Waals surface area contributed by atoms with Gasteiger partial charge in [0.1, 0.15) is 4.64 Å². The molecule has 1 aromatic heterocycles. The summed E-state index contributed by atoms with van der Waals surface area (Å²) in [5.41, 5.74) is 1.10. The first-order valence-electron chi connectivity index (χ1n) is 4.44. The Kier molecular flexibility index (Phi) is 3.65. The smallest absolute Gasteiger partial charge is 0.103 e. The van der Waals surface area contributed by atoms with Gasteiger partial charge in [-0.25, -0.2) is 0 Å². The van der Waals surface area contributed by atoms with Gasteiger partial charge < -0.3 is 4.98 Å². The lowest BCUT2D eigenvalue weighted by Gasteiger charge is -1.94. The Morgan fingerprint density at radius 1 is 1.08 bits per heavy atom. The third-order valence-electron chi connectivity index (χ3n) is 1.63. The van der Waals surface area contributed by atoms with E-state index < -0.39 is 0 Å². The van der Waals surface area contributed by atoms with E-state index in [9.17, 15) is 0 Å². The minimum Gasteiger partial charge on any atom is -0.346 e. The second-order valence-electron chi connectivity index (χ2n) is 2.41. The molecule has 0 atom stereocenters.